The van der Waals surface area contributed by atoms with Crippen LogP contribution in [-0.4, -0.2) is 40.1 Å². The molecule has 1 rings (SSSR count). The molecule has 0 aromatic carbocycles. The van der Waals surface area contributed by atoms with Crippen LogP contribution in [0.25, 0.3) is 0 Å². The van der Waals surface area contributed by atoms with Gasteiger partial charge in [-0.1, -0.05) is 0 Å². The normalized spacial score (nSPS) is 11.2. The van der Waals surface area contributed by atoms with Gasteiger partial charge in [-0.2, -0.15) is 11.8 Å². The molecule has 106 valence electrons. The van der Waals surface area contributed by atoms with E-state index in [9.17, 15) is 4.79 Å². The molecule has 0 aliphatic heterocycles. The zero-order chi connectivity index (χ0) is 14.5. The molecular weight excluding hydrogens is 262 g/mol. The number of carbonyl (C=O) groups is 1. The van der Waals surface area contributed by atoms with Crippen LogP contribution < -0.4 is 5.32 Å². The van der Waals surface area contributed by atoms with Gasteiger partial charge in [0, 0.05) is 17.5 Å². The lowest BCUT2D eigenvalue weighted by Crippen LogP contribution is -2.26. The summed E-state index contributed by atoms with van der Waals surface area (Å²) in [5, 5.41) is 3.18. The molecule has 19 heavy (non-hydrogen) atoms. The van der Waals surface area contributed by atoms with Gasteiger partial charge in [0.2, 0.25) is 5.95 Å². The summed E-state index contributed by atoms with van der Waals surface area (Å²) in [5.74, 6) is 0.156. The third-order valence-electron chi connectivity index (χ3n) is 2.70. The smallest absolute Gasteiger partial charge is 0.341 e. The monoisotopic (exact) mass is 283 g/mol. The number of aromatic nitrogens is 2. The number of nitrogens with one attached hydrogen (secondary N) is 1. The largest absolute Gasteiger partial charge is 0.462 e. The molecule has 1 heterocycles. The van der Waals surface area contributed by atoms with Crippen molar-refractivity contribution in [1.29, 1.82) is 0 Å². The summed E-state index contributed by atoms with van der Waals surface area (Å²) in [6.07, 6.45) is 3.58. The van der Waals surface area contributed by atoms with Gasteiger partial charge in [0.1, 0.15) is 0 Å². The molecule has 6 heteroatoms. The SMILES string of the molecule is CCOC(=O)c1cnc(NCC(C)(C)SC)nc1C. The Hall–Kier alpha value is -1.30. The van der Waals surface area contributed by atoms with Gasteiger partial charge in [-0.05, 0) is 34.0 Å². The van der Waals surface area contributed by atoms with Crippen molar-refractivity contribution in [2.75, 3.05) is 24.7 Å². The van der Waals surface area contributed by atoms with Crippen LogP contribution in [0.2, 0.25) is 0 Å². The van der Waals surface area contributed by atoms with Crippen molar-refractivity contribution >= 4 is 23.7 Å². The van der Waals surface area contributed by atoms with E-state index in [1.165, 1.54) is 6.20 Å². The second-order valence-electron chi connectivity index (χ2n) is 4.73. The van der Waals surface area contributed by atoms with Gasteiger partial charge in [0.15, 0.2) is 0 Å². The molecule has 0 radical (unpaired) electrons. The number of ether oxygens (including phenoxy) is 1. The Morgan fingerprint density at radius 2 is 2.21 bits per heavy atom. The van der Waals surface area contributed by atoms with Gasteiger partial charge in [0.25, 0.3) is 0 Å². The fourth-order valence-corrected chi connectivity index (χ4v) is 1.54. The van der Waals surface area contributed by atoms with Crippen LogP contribution in [0.4, 0.5) is 5.95 Å². The van der Waals surface area contributed by atoms with Crippen molar-refractivity contribution in [2.24, 2.45) is 0 Å². The number of esters is 1. The fourth-order valence-electron chi connectivity index (χ4n) is 1.33. The van der Waals surface area contributed by atoms with E-state index in [0.29, 0.717) is 23.8 Å². The Balaban J connectivity index is 2.74. The maximum absolute atomic E-state index is 11.6. The summed E-state index contributed by atoms with van der Waals surface area (Å²) in [5.41, 5.74) is 1.04. The highest BCUT2D eigenvalue weighted by Crippen LogP contribution is 2.21. The van der Waals surface area contributed by atoms with Gasteiger partial charge < -0.3 is 10.1 Å². The van der Waals surface area contributed by atoms with Gasteiger partial charge in [-0.3, -0.25) is 0 Å². The summed E-state index contributed by atoms with van der Waals surface area (Å²) < 4.78 is 5.05. The van der Waals surface area contributed by atoms with Crippen molar-refractivity contribution in [3.8, 4) is 0 Å². The average Bonchev–Trinajstić information content (AvgIpc) is 2.37. The maximum atomic E-state index is 11.6. The molecule has 5 nitrogen and oxygen atoms in total. The predicted molar refractivity (Wildman–Crippen MR) is 78.8 cm³/mol. The van der Waals surface area contributed by atoms with Crippen molar-refractivity contribution in [1.82, 2.24) is 9.97 Å². The number of hydrogen-bond acceptors (Lipinski definition) is 6. The number of rotatable bonds is 6. The Morgan fingerprint density at radius 1 is 1.53 bits per heavy atom. The van der Waals surface area contributed by atoms with Crippen molar-refractivity contribution in [3.05, 3.63) is 17.5 Å². The van der Waals surface area contributed by atoms with Gasteiger partial charge >= 0.3 is 5.97 Å². The van der Waals surface area contributed by atoms with Crippen LogP contribution in [0.1, 0.15) is 36.8 Å². The number of hydrogen-bond donors (Lipinski definition) is 1. The Kier molecular flexibility index (Phi) is 5.60. The number of anilines is 1. The molecule has 0 saturated heterocycles. The first-order valence-corrected chi connectivity index (χ1v) is 7.42. The first-order chi connectivity index (χ1) is 8.89. The molecular formula is C13H21N3O2S. The van der Waals surface area contributed by atoms with Crippen LogP contribution in [0.3, 0.4) is 0 Å². The first-order valence-electron chi connectivity index (χ1n) is 6.19. The van der Waals surface area contributed by atoms with Crippen molar-refractivity contribution < 1.29 is 9.53 Å². The zero-order valence-corrected chi connectivity index (χ0v) is 12.9. The molecule has 0 aliphatic carbocycles. The summed E-state index contributed by atoms with van der Waals surface area (Å²) in [7, 11) is 0. The molecule has 1 aromatic heterocycles. The average molecular weight is 283 g/mol. The topological polar surface area (TPSA) is 64.1 Å². The van der Waals surface area contributed by atoms with E-state index in [2.05, 4.69) is 35.4 Å². The molecule has 1 N–H and O–H groups in total. The lowest BCUT2D eigenvalue weighted by atomic mass is 10.2. The van der Waals surface area contributed by atoms with Crippen LogP contribution >= 0.6 is 11.8 Å². The lowest BCUT2D eigenvalue weighted by molar-refractivity contribution is 0.0524. The molecule has 1 aromatic rings. The fraction of sp³-hybridized carbons (Fsp3) is 0.615. The van der Waals surface area contributed by atoms with Crippen LogP contribution in [0, 0.1) is 6.92 Å². The van der Waals surface area contributed by atoms with Gasteiger partial charge in [-0.15, -0.1) is 0 Å². The van der Waals surface area contributed by atoms with E-state index < -0.39 is 0 Å². The summed E-state index contributed by atoms with van der Waals surface area (Å²) in [6, 6.07) is 0. The van der Waals surface area contributed by atoms with Crippen molar-refractivity contribution in [3.63, 3.8) is 0 Å². The highest BCUT2D eigenvalue weighted by Gasteiger charge is 2.17. The summed E-state index contributed by atoms with van der Waals surface area (Å²) >= 11 is 1.77. The van der Waals surface area contributed by atoms with E-state index in [1.807, 2.05) is 0 Å². The van der Waals surface area contributed by atoms with Crippen LogP contribution in [-0.2, 0) is 4.74 Å². The molecule has 0 atom stereocenters. The quantitative estimate of drug-likeness (QED) is 0.809. The summed E-state index contributed by atoms with van der Waals surface area (Å²) in [4.78, 5) is 20.0. The third kappa shape index (κ3) is 4.70. The highest BCUT2D eigenvalue weighted by molar-refractivity contribution is 7.99. The predicted octanol–water partition coefficient (Wildman–Crippen LogP) is 2.52. The Labute approximate surface area is 118 Å². The minimum atomic E-state index is -0.379. The van der Waals surface area contributed by atoms with E-state index in [-0.39, 0.29) is 10.7 Å². The van der Waals surface area contributed by atoms with Crippen molar-refractivity contribution in [2.45, 2.75) is 32.4 Å². The van der Waals surface area contributed by atoms with E-state index >= 15 is 0 Å². The number of aryl methyl sites for hydroxylation is 1. The molecule has 0 fully saturated rings. The lowest BCUT2D eigenvalue weighted by Gasteiger charge is -2.22. The standard InChI is InChI=1S/C13H21N3O2S/c1-6-18-11(17)10-7-14-12(16-9(10)2)15-8-13(3,4)19-5/h7H,6,8H2,1-5H3,(H,14,15,16). The second-order valence-corrected chi connectivity index (χ2v) is 6.24. The van der Waals surface area contributed by atoms with E-state index in [4.69, 9.17) is 4.74 Å². The number of thioether (sulfide) groups is 1. The summed E-state index contributed by atoms with van der Waals surface area (Å²) in [6.45, 7) is 8.94. The maximum Gasteiger partial charge on any atom is 0.341 e. The van der Waals surface area contributed by atoms with Crippen LogP contribution in [0.15, 0.2) is 6.20 Å². The first kappa shape index (κ1) is 15.8. The van der Waals surface area contributed by atoms with Gasteiger partial charge in [-0.25, -0.2) is 14.8 Å². The van der Waals surface area contributed by atoms with E-state index in [1.54, 1.807) is 25.6 Å². The Bertz CT molecular complexity index is 450. The number of carbonyl (C=O) groups excluding carboxylic acids is 1. The minimum Gasteiger partial charge on any atom is -0.462 e. The highest BCUT2D eigenvalue weighted by atomic mass is 32.2. The molecule has 0 saturated carbocycles. The molecule has 0 bridgehead atoms. The van der Waals surface area contributed by atoms with E-state index in [0.717, 1.165) is 6.54 Å². The van der Waals surface area contributed by atoms with Gasteiger partial charge in [0.05, 0.1) is 17.9 Å². The molecule has 0 spiro atoms. The second kappa shape index (κ2) is 6.75. The molecule has 0 amide bonds. The third-order valence-corrected chi connectivity index (χ3v) is 3.95. The molecule has 0 aliphatic rings. The number of nitrogens with zero attached hydrogens (tertiary/aromatic N) is 2. The minimum absolute atomic E-state index is 0.108. The molecule has 0 unspecified atom stereocenters. The Morgan fingerprint density at radius 3 is 2.74 bits per heavy atom. The zero-order valence-electron chi connectivity index (χ0n) is 12.1. The van der Waals surface area contributed by atoms with Crippen LogP contribution in [0.5, 0.6) is 0 Å².